The van der Waals surface area contributed by atoms with Crippen molar-refractivity contribution in [2.24, 2.45) is 23.7 Å². The van der Waals surface area contributed by atoms with Crippen LogP contribution in [0.25, 0.3) is 0 Å². The van der Waals surface area contributed by atoms with Gasteiger partial charge < -0.3 is 9.64 Å². The molecule has 1 saturated carbocycles. The van der Waals surface area contributed by atoms with Gasteiger partial charge in [-0.2, -0.15) is 0 Å². The van der Waals surface area contributed by atoms with Crippen molar-refractivity contribution in [3.05, 3.63) is 76.3 Å². The number of carbonyl (C=O) groups excluding carboxylic acids is 1. The van der Waals surface area contributed by atoms with Crippen LogP contribution < -0.4 is 9.46 Å². The number of benzene rings is 2. The minimum absolute atomic E-state index is 0.0562. The van der Waals surface area contributed by atoms with Gasteiger partial charge in [0.2, 0.25) is 0 Å². The van der Waals surface area contributed by atoms with Crippen molar-refractivity contribution in [3.8, 4) is 5.75 Å². The minimum atomic E-state index is -0.0562. The second-order valence-corrected chi connectivity index (χ2v) is 17.7. The monoisotopic (exact) mass is 716 g/mol. The largest absolute Gasteiger partial charge is 0.493 e. The van der Waals surface area contributed by atoms with Crippen LogP contribution in [-0.2, 0) is 6.42 Å². The molecule has 47 heavy (non-hydrogen) atoms. The van der Waals surface area contributed by atoms with Crippen LogP contribution in [0.15, 0.2) is 54.6 Å². The van der Waals surface area contributed by atoms with Gasteiger partial charge in [0, 0.05) is 40.8 Å². The molecule has 2 bridgehead atoms. The second-order valence-electron chi connectivity index (χ2n) is 13.3. The van der Waals surface area contributed by atoms with E-state index in [1.807, 2.05) is 44.2 Å². The van der Waals surface area contributed by atoms with E-state index in [1.165, 1.54) is 41.9 Å². The summed E-state index contributed by atoms with van der Waals surface area (Å²) in [6.07, 6.45) is 12.2. The summed E-state index contributed by atoms with van der Waals surface area (Å²) in [4.78, 5) is 15.5. The molecule has 1 N–H and O–H groups in total. The summed E-state index contributed by atoms with van der Waals surface area (Å²) in [7, 11) is 2.30. The van der Waals surface area contributed by atoms with E-state index >= 15 is 0 Å². The number of rotatable bonds is 4. The number of ether oxygens (including phenoxy) is 1. The van der Waals surface area contributed by atoms with Crippen LogP contribution >= 0.6 is 47.1 Å². The highest BCUT2D eigenvalue weighted by Gasteiger charge is 2.40. The van der Waals surface area contributed by atoms with Crippen LogP contribution in [-0.4, -0.2) is 58.9 Å². The normalized spacial score (nSPS) is 29.1. The maximum absolute atomic E-state index is 13.0. The molecule has 4 nitrogen and oxygen atoms in total. The number of likely N-dealkylation sites (N-methyl/N-ethyl adjacent to an activating group) is 1. The third kappa shape index (κ3) is 11.1. The topological polar surface area (TPSA) is 41.6 Å². The first kappa shape index (κ1) is 38.6. The van der Waals surface area contributed by atoms with E-state index in [0.717, 1.165) is 55.0 Å². The molecular formula is C39H57ClN2O2S3. The molecule has 1 amide bonds. The van der Waals surface area contributed by atoms with Crippen LogP contribution in [0.3, 0.4) is 0 Å². The summed E-state index contributed by atoms with van der Waals surface area (Å²) in [5, 5.41) is 1.12. The Morgan fingerprint density at radius 1 is 1.02 bits per heavy atom. The Kier molecular flexibility index (Phi) is 16.3. The van der Waals surface area contributed by atoms with Crippen molar-refractivity contribution in [1.82, 2.24) is 9.62 Å². The average Bonchev–Trinajstić information content (AvgIpc) is 3.08. The number of thioether (sulfide) groups is 2. The van der Waals surface area contributed by atoms with Gasteiger partial charge in [-0.3, -0.25) is 9.52 Å². The molecule has 4 aliphatic rings. The molecule has 0 radical (unpaired) electrons. The minimum Gasteiger partial charge on any atom is -0.493 e. The van der Waals surface area contributed by atoms with E-state index in [1.54, 1.807) is 11.9 Å². The van der Waals surface area contributed by atoms with E-state index in [9.17, 15) is 4.79 Å². The zero-order valence-electron chi connectivity index (χ0n) is 29.4. The number of nitrogens with one attached hydrogen (secondary N) is 1. The molecule has 3 heterocycles. The molecule has 2 aromatic rings. The number of fused-ring (bicyclic) bond motifs is 14. The molecule has 2 aromatic carbocycles. The van der Waals surface area contributed by atoms with Gasteiger partial charge in [-0.25, -0.2) is 0 Å². The lowest BCUT2D eigenvalue weighted by Crippen LogP contribution is -2.43. The maximum atomic E-state index is 13.0. The molecule has 0 spiro atoms. The fraction of sp³-hybridized carbons (Fsp3) is 0.615. The van der Waals surface area contributed by atoms with Crippen molar-refractivity contribution in [2.45, 2.75) is 88.9 Å². The van der Waals surface area contributed by atoms with E-state index in [-0.39, 0.29) is 11.8 Å². The molecule has 1 aliphatic carbocycles. The number of aryl methyl sites for hydroxylation is 1. The number of halogens is 1. The lowest BCUT2D eigenvalue weighted by molar-refractivity contribution is 0.0884. The first-order chi connectivity index (χ1) is 22.8. The second kappa shape index (κ2) is 19.8. The lowest BCUT2D eigenvalue weighted by atomic mass is 9.67. The lowest BCUT2D eigenvalue weighted by Gasteiger charge is -2.46. The maximum Gasteiger partial charge on any atom is 0.261 e. The molecule has 2 fully saturated rings. The standard InChI is InChI=1S/C37H51ClN2O2S3.C2H6/c1-5-8-28-21-31(38)14-18-33(28)30-23-40(4)22-29-13-17-34(29)35(37-43-19-7-20-44-37)10-6-9-25(2)26(3)45-39-36(41)27-11-15-32(16-12-27)42-24-30;1-2/h6,10-12,14-16,18,21,25-26,29-30,34-35,37H,5,7-9,13,17,19-20,22-24H2,1-4H3,(H,39,41);1-2H3/b10-6+;. The quantitative estimate of drug-likeness (QED) is 0.251. The fourth-order valence-corrected chi connectivity index (χ4v) is 11.1. The van der Waals surface area contributed by atoms with E-state index < -0.39 is 0 Å². The molecule has 1 saturated heterocycles. The first-order valence-electron chi connectivity index (χ1n) is 17.9. The predicted octanol–water partition coefficient (Wildman–Crippen LogP) is 10.6. The van der Waals surface area contributed by atoms with Crippen molar-refractivity contribution in [3.63, 3.8) is 0 Å². The van der Waals surface area contributed by atoms with Crippen LogP contribution in [0, 0.1) is 23.7 Å². The number of allylic oxidation sites excluding steroid dienone is 2. The molecule has 0 aromatic heterocycles. The Balaban J connectivity index is 0.00000245. The van der Waals surface area contributed by atoms with Crippen molar-refractivity contribution < 1.29 is 9.53 Å². The average molecular weight is 718 g/mol. The van der Waals surface area contributed by atoms with Crippen LogP contribution in [0.4, 0.5) is 0 Å². The van der Waals surface area contributed by atoms with Gasteiger partial charge in [0.15, 0.2) is 0 Å². The van der Waals surface area contributed by atoms with Crippen LogP contribution in [0.5, 0.6) is 5.75 Å². The first-order valence-corrected chi connectivity index (χ1v) is 21.2. The summed E-state index contributed by atoms with van der Waals surface area (Å²) in [5.41, 5.74) is 3.31. The SMILES string of the molecule is CC.CCCc1cc(Cl)ccc1C1COc2ccc(cc2)C(=O)NSC(C)C(C)C/C=C/C(C2SCCCS2)C2CCC2CN(C)C1. The summed E-state index contributed by atoms with van der Waals surface area (Å²) in [6.45, 7) is 13.4. The highest BCUT2D eigenvalue weighted by molar-refractivity contribution is 8.17. The van der Waals surface area contributed by atoms with Crippen molar-refractivity contribution >= 4 is 53.0 Å². The molecule has 260 valence electrons. The number of amides is 1. The molecule has 6 unspecified atom stereocenters. The number of nitrogens with zero attached hydrogens (tertiary/aromatic N) is 1. The van der Waals surface area contributed by atoms with Gasteiger partial charge >= 0.3 is 0 Å². The third-order valence-corrected chi connectivity index (χ3v) is 14.4. The van der Waals surface area contributed by atoms with Gasteiger partial charge in [-0.05, 0) is 128 Å². The predicted molar refractivity (Wildman–Crippen MR) is 209 cm³/mol. The van der Waals surface area contributed by atoms with E-state index in [0.29, 0.717) is 33.8 Å². The summed E-state index contributed by atoms with van der Waals surface area (Å²) in [5.74, 6) is 6.06. The third-order valence-electron chi connectivity index (χ3n) is 9.85. The number of carbonyl (C=O) groups is 1. The molecule has 3 aliphatic heterocycles. The Bertz CT molecular complexity index is 1270. The smallest absolute Gasteiger partial charge is 0.261 e. The summed E-state index contributed by atoms with van der Waals surface area (Å²) >= 11 is 12.4. The highest BCUT2D eigenvalue weighted by atomic mass is 35.5. The zero-order valence-corrected chi connectivity index (χ0v) is 32.6. The summed E-state index contributed by atoms with van der Waals surface area (Å²) < 4.78 is 10.2. The van der Waals surface area contributed by atoms with E-state index in [2.05, 4.69) is 85.2 Å². The van der Waals surface area contributed by atoms with Gasteiger partial charge in [0.1, 0.15) is 5.75 Å². The van der Waals surface area contributed by atoms with Crippen molar-refractivity contribution in [2.75, 3.05) is 38.2 Å². The van der Waals surface area contributed by atoms with E-state index in [4.69, 9.17) is 16.3 Å². The van der Waals surface area contributed by atoms with Crippen LogP contribution in [0.2, 0.25) is 5.02 Å². The van der Waals surface area contributed by atoms with Gasteiger partial charge in [-0.1, -0.05) is 70.9 Å². The molecular weight excluding hydrogens is 660 g/mol. The molecule has 6 rings (SSSR count). The number of hydrogen-bond donors (Lipinski definition) is 1. The van der Waals surface area contributed by atoms with Crippen LogP contribution in [0.1, 0.15) is 94.1 Å². The van der Waals surface area contributed by atoms with Crippen molar-refractivity contribution in [1.29, 1.82) is 0 Å². The number of hydrogen-bond acceptors (Lipinski definition) is 6. The highest BCUT2D eigenvalue weighted by Crippen LogP contribution is 2.49. The Morgan fingerprint density at radius 3 is 2.45 bits per heavy atom. The summed E-state index contributed by atoms with van der Waals surface area (Å²) in [6, 6.07) is 14.0. The molecule has 8 heteroatoms. The van der Waals surface area contributed by atoms with Gasteiger partial charge in [0.25, 0.3) is 5.91 Å². The van der Waals surface area contributed by atoms with Gasteiger partial charge in [-0.15, -0.1) is 23.5 Å². The Hall–Kier alpha value is -1.25. The Morgan fingerprint density at radius 2 is 1.77 bits per heavy atom. The fourth-order valence-electron chi connectivity index (χ4n) is 6.90. The Labute approximate surface area is 303 Å². The molecule has 6 atom stereocenters. The zero-order chi connectivity index (χ0) is 33.8. The van der Waals surface area contributed by atoms with Gasteiger partial charge in [0.05, 0.1) is 11.2 Å².